The molecule has 0 fully saturated rings. The number of carbonyl (C=O) groups excluding carboxylic acids is 2. The number of hydrogen-bond acceptors (Lipinski definition) is 7. The normalized spacial score (nSPS) is 14.3. The number of alkyl halides is 3. The number of hydrogen-bond donors (Lipinski definition) is 1. The fourth-order valence-electron chi connectivity index (χ4n) is 3.28. The lowest BCUT2D eigenvalue weighted by molar-refractivity contribution is -0.158. The van der Waals surface area contributed by atoms with Crippen LogP contribution in [0.15, 0.2) is 36.5 Å². The van der Waals surface area contributed by atoms with Crippen LogP contribution in [0, 0.1) is 11.8 Å². The summed E-state index contributed by atoms with van der Waals surface area (Å²) < 4.78 is 54.6. The Morgan fingerprint density at radius 2 is 1.68 bits per heavy atom. The maximum Gasteiger partial charge on any atom is 0.416 e. The van der Waals surface area contributed by atoms with Gasteiger partial charge in [-0.1, -0.05) is 20.8 Å². The second kappa shape index (κ2) is 11.2. The third-order valence-electron chi connectivity index (χ3n) is 5.14. The molecule has 0 saturated heterocycles. The molecule has 0 aliphatic carbocycles. The highest BCUT2D eigenvalue weighted by atomic mass is 19.4. The molecule has 0 bridgehead atoms. The molecule has 0 aliphatic heterocycles. The molecule has 2 rings (SSSR count). The molecule has 186 valence electrons. The third-order valence-corrected chi connectivity index (χ3v) is 5.14. The van der Waals surface area contributed by atoms with Gasteiger partial charge in [-0.05, 0) is 37.1 Å². The van der Waals surface area contributed by atoms with Crippen LogP contribution in [-0.2, 0) is 15.7 Å². The lowest BCUT2D eigenvalue weighted by atomic mass is 10.0. The smallest absolute Gasteiger partial charge is 0.416 e. The highest BCUT2D eigenvalue weighted by Crippen LogP contribution is 2.31. The van der Waals surface area contributed by atoms with Crippen LogP contribution in [0.1, 0.15) is 50.2 Å². The van der Waals surface area contributed by atoms with Crippen LogP contribution in [-0.4, -0.2) is 41.2 Å². The van der Waals surface area contributed by atoms with E-state index in [4.69, 9.17) is 14.2 Å². The van der Waals surface area contributed by atoms with Gasteiger partial charge in [0.1, 0.15) is 18.0 Å². The first-order valence-electron chi connectivity index (χ1n) is 10.6. The summed E-state index contributed by atoms with van der Waals surface area (Å²) in [6, 6.07) is 5.65. The van der Waals surface area contributed by atoms with Gasteiger partial charge in [0.2, 0.25) is 0 Å². The Labute approximate surface area is 195 Å². The summed E-state index contributed by atoms with van der Waals surface area (Å²) in [5.74, 6) is -2.32. The molecule has 0 radical (unpaired) electrons. The number of benzene rings is 1. The minimum absolute atomic E-state index is 0.0855. The molecule has 7 nitrogen and oxygen atoms in total. The lowest BCUT2D eigenvalue weighted by Gasteiger charge is -2.29. The highest BCUT2D eigenvalue weighted by Gasteiger charge is 2.32. The van der Waals surface area contributed by atoms with Gasteiger partial charge in [-0.25, -0.2) is 4.98 Å². The zero-order valence-corrected chi connectivity index (χ0v) is 19.6. The van der Waals surface area contributed by atoms with Gasteiger partial charge in [0.05, 0.1) is 18.6 Å². The quantitative estimate of drug-likeness (QED) is 0.373. The molecule has 34 heavy (non-hydrogen) atoms. The first-order valence-corrected chi connectivity index (χ1v) is 10.6. The number of Topliss-reactive ketones (excluding diaryl/α,β-unsaturated/α-hetero) is 1. The zero-order chi connectivity index (χ0) is 25.6. The maximum atomic E-state index is 12.8. The van der Waals surface area contributed by atoms with Gasteiger partial charge in [-0.3, -0.25) is 9.59 Å². The van der Waals surface area contributed by atoms with E-state index in [1.807, 2.05) is 13.8 Å². The zero-order valence-electron chi connectivity index (χ0n) is 19.6. The SMILES string of the molecule is COc1ccnc(C(=O)C[C@@H](C)C(=O)O[C@@H](C)[C@H](Oc2ccc(C(F)(F)F)cc2)C(C)C)c1O. The predicted molar refractivity (Wildman–Crippen MR) is 117 cm³/mol. The Morgan fingerprint density at radius 1 is 1.06 bits per heavy atom. The number of ether oxygens (including phenoxy) is 3. The summed E-state index contributed by atoms with van der Waals surface area (Å²) in [6.07, 6.45) is -4.80. The summed E-state index contributed by atoms with van der Waals surface area (Å²) in [5, 5.41) is 10.1. The van der Waals surface area contributed by atoms with Gasteiger partial charge < -0.3 is 19.3 Å². The van der Waals surface area contributed by atoms with Crippen molar-refractivity contribution in [3.8, 4) is 17.2 Å². The average Bonchev–Trinajstić information content (AvgIpc) is 2.76. The largest absolute Gasteiger partial charge is 0.503 e. The Balaban J connectivity index is 2.03. The number of aromatic hydroxyl groups is 1. The molecule has 0 amide bonds. The number of ketones is 1. The Hall–Kier alpha value is -3.30. The van der Waals surface area contributed by atoms with E-state index in [1.54, 1.807) is 6.92 Å². The molecular formula is C24H28F3NO6. The Bertz CT molecular complexity index is 991. The average molecular weight is 483 g/mol. The number of nitrogens with zero attached hydrogens (tertiary/aromatic N) is 1. The van der Waals surface area contributed by atoms with Gasteiger partial charge in [0.15, 0.2) is 23.0 Å². The van der Waals surface area contributed by atoms with Crippen LogP contribution in [0.25, 0.3) is 0 Å². The van der Waals surface area contributed by atoms with E-state index in [2.05, 4.69) is 4.98 Å². The molecule has 3 atom stereocenters. The van der Waals surface area contributed by atoms with Gasteiger partial charge >= 0.3 is 12.1 Å². The van der Waals surface area contributed by atoms with Crippen molar-refractivity contribution in [2.45, 2.75) is 52.5 Å². The van der Waals surface area contributed by atoms with E-state index in [0.717, 1.165) is 12.1 Å². The summed E-state index contributed by atoms with van der Waals surface area (Å²) in [4.78, 5) is 29.0. The standard InChI is InChI=1S/C24H28F3NO6/c1-13(2)22(34-17-8-6-16(7-9-17)24(25,26)27)15(4)33-23(31)14(3)12-18(29)20-21(30)19(32-5)10-11-28-20/h6-11,13-15,22,30H,12H2,1-5H3/t14-,15+,22-/m1/s1. The third kappa shape index (κ3) is 6.85. The first-order chi connectivity index (χ1) is 15.8. The number of pyridine rings is 1. The highest BCUT2D eigenvalue weighted by molar-refractivity contribution is 5.99. The van der Waals surface area contributed by atoms with Crippen molar-refractivity contribution in [1.82, 2.24) is 4.98 Å². The second-order valence-electron chi connectivity index (χ2n) is 8.23. The Morgan fingerprint density at radius 3 is 2.21 bits per heavy atom. The van der Waals surface area contributed by atoms with Crippen molar-refractivity contribution < 1.29 is 42.1 Å². The molecule has 0 aliphatic rings. The van der Waals surface area contributed by atoms with Gasteiger partial charge in [0.25, 0.3) is 0 Å². The van der Waals surface area contributed by atoms with Gasteiger partial charge in [0, 0.05) is 18.7 Å². The molecule has 0 saturated carbocycles. The molecule has 1 heterocycles. The number of rotatable bonds is 10. The fourth-order valence-corrected chi connectivity index (χ4v) is 3.28. The molecule has 0 spiro atoms. The van der Waals surface area contributed by atoms with Crippen molar-refractivity contribution in [3.05, 3.63) is 47.8 Å². The van der Waals surface area contributed by atoms with Crippen molar-refractivity contribution in [2.24, 2.45) is 11.8 Å². The number of halogens is 3. The van der Waals surface area contributed by atoms with Gasteiger partial charge in [-0.2, -0.15) is 13.2 Å². The molecule has 2 aromatic rings. The van der Waals surface area contributed by atoms with Crippen molar-refractivity contribution in [3.63, 3.8) is 0 Å². The first kappa shape index (κ1) is 26.9. The number of methoxy groups -OCH3 is 1. The number of aromatic nitrogens is 1. The van der Waals surface area contributed by atoms with Crippen molar-refractivity contribution in [1.29, 1.82) is 0 Å². The molecule has 1 aromatic heterocycles. The van der Waals surface area contributed by atoms with Crippen LogP contribution in [0.4, 0.5) is 13.2 Å². The van der Waals surface area contributed by atoms with Crippen LogP contribution in [0.3, 0.4) is 0 Å². The number of esters is 1. The maximum absolute atomic E-state index is 12.8. The summed E-state index contributed by atoms with van der Waals surface area (Å²) in [7, 11) is 1.34. The van der Waals surface area contributed by atoms with Crippen LogP contribution < -0.4 is 9.47 Å². The minimum atomic E-state index is -4.45. The van der Waals surface area contributed by atoms with E-state index < -0.39 is 47.4 Å². The van der Waals surface area contributed by atoms with Crippen LogP contribution in [0.2, 0.25) is 0 Å². The molecular weight excluding hydrogens is 455 g/mol. The Kier molecular flexibility index (Phi) is 8.89. The van der Waals surface area contributed by atoms with Crippen LogP contribution >= 0.6 is 0 Å². The predicted octanol–water partition coefficient (Wildman–Crippen LogP) is 5.06. The van der Waals surface area contributed by atoms with E-state index in [-0.39, 0.29) is 29.5 Å². The minimum Gasteiger partial charge on any atom is -0.503 e. The van der Waals surface area contributed by atoms with Gasteiger partial charge in [-0.15, -0.1) is 0 Å². The van der Waals surface area contributed by atoms with Crippen molar-refractivity contribution in [2.75, 3.05) is 7.11 Å². The fraction of sp³-hybridized carbons (Fsp3) is 0.458. The van der Waals surface area contributed by atoms with E-state index in [1.165, 1.54) is 38.4 Å². The van der Waals surface area contributed by atoms with E-state index in [9.17, 15) is 27.9 Å². The summed E-state index contributed by atoms with van der Waals surface area (Å²) >= 11 is 0. The lowest BCUT2D eigenvalue weighted by Crippen LogP contribution is -2.38. The van der Waals surface area contributed by atoms with E-state index in [0.29, 0.717) is 0 Å². The summed E-state index contributed by atoms with van der Waals surface area (Å²) in [6.45, 7) is 6.76. The monoisotopic (exact) mass is 483 g/mol. The topological polar surface area (TPSA) is 95.0 Å². The van der Waals surface area contributed by atoms with Crippen LogP contribution in [0.5, 0.6) is 17.2 Å². The molecule has 10 heteroatoms. The molecule has 1 N–H and O–H groups in total. The van der Waals surface area contributed by atoms with E-state index >= 15 is 0 Å². The second-order valence-corrected chi connectivity index (χ2v) is 8.23. The molecule has 1 aromatic carbocycles. The van der Waals surface area contributed by atoms with Crippen molar-refractivity contribution >= 4 is 11.8 Å². The molecule has 0 unspecified atom stereocenters. The summed E-state index contributed by atoms with van der Waals surface area (Å²) in [5.41, 5.74) is -1.01. The number of carbonyl (C=O) groups is 2.